The van der Waals surface area contributed by atoms with Gasteiger partial charge in [-0.15, -0.1) is 0 Å². The minimum Gasteiger partial charge on any atom is -0.382 e. The van der Waals surface area contributed by atoms with Gasteiger partial charge in [0.15, 0.2) is 11.5 Å². The van der Waals surface area contributed by atoms with Gasteiger partial charge < -0.3 is 16.6 Å². The first kappa shape index (κ1) is 6.65. The second-order valence-corrected chi connectivity index (χ2v) is 2.25. The second kappa shape index (κ2) is 1.97. The van der Waals surface area contributed by atoms with Crippen molar-refractivity contribution in [3.63, 3.8) is 0 Å². The average molecular weight is 166 g/mol. The summed E-state index contributed by atoms with van der Waals surface area (Å²) >= 11 is 0. The van der Waals surface area contributed by atoms with Crippen molar-refractivity contribution >= 4 is 17.0 Å². The Morgan fingerprint density at radius 1 is 1.58 bits per heavy atom. The molecule has 7 nitrogen and oxygen atoms in total. The van der Waals surface area contributed by atoms with Gasteiger partial charge in [0, 0.05) is 0 Å². The van der Waals surface area contributed by atoms with E-state index in [4.69, 9.17) is 11.6 Å². The van der Waals surface area contributed by atoms with Crippen molar-refractivity contribution in [1.82, 2.24) is 19.6 Å². The van der Waals surface area contributed by atoms with Gasteiger partial charge in [0.1, 0.15) is 5.52 Å². The fraction of sp³-hybridized carbons (Fsp3) is 0. The largest absolute Gasteiger partial charge is 0.382 e. The number of nitrogens with zero attached hydrogens (tertiary/aromatic N) is 3. The van der Waals surface area contributed by atoms with Crippen LogP contribution in [-0.2, 0) is 0 Å². The van der Waals surface area contributed by atoms with Crippen molar-refractivity contribution in [3.05, 3.63) is 16.8 Å². The minimum absolute atomic E-state index is 0.127. The van der Waals surface area contributed by atoms with Crippen LogP contribution in [0.2, 0.25) is 0 Å². The van der Waals surface area contributed by atoms with E-state index in [1.807, 2.05) is 0 Å². The predicted molar refractivity (Wildman–Crippen MR) is 42.7 cm³/mol. The second-order valence-electron chi connectivity index (χ2n) is 2.25. The first-order valence-corrected chi connectivity index (χ1v) is 3.17. The third-order valence-corrected chi connectivity index (χ3v) is 1.54. The molecule has 2 aromatic heterocycles. The highest BCUT2D eigenvalue weighted by molar-refractivity contribution is 5.80. The number of imidazole rings is 1. The molecular weight excluding hydrogens is 160 g/mol. The summed E-state index contributed by atoms with van der Waals surface area (Å²) in [4.78, 5) is 21.0. The highest BCUT2D eigenvalue weighted by Gasteiger charge is 2.06. The third-order valence-electron chi connectivity index (χ3n) is 1.54. The molecule has 0 bridgehead atoms. The normalized spacial score (nSPS) is 10.7. The summed E-state index contributed by atoms with van der Waals surface area (Å²) in [5, 5.41) is 0. The molecule has 5 N–H and O–H groups in total. The number of anilines is 1. The van der Waals surface area contributed by atoms with Crippen molar-refractivity contribution in [2.45, 2.75) is 0 Å². The number of hydrogen-bond donors (Lipinski definition) is 3. The molecule has 12 heavy (non-hydrogen) atoms. The number of H-pyrrole nitrogens is 1. The molecule has 0 unspecified atom stereocenters. The van der Waals surface area contributed by atoms with Gasteiger partial charge in [-0.2, -0.15) is 9.66 Å². The van der Waals surface area contributed by atoms with E-state index in [0.717, 1.165) is 4.68 Å². The van der Waals surface area contributed by atoms with Gasteiger partial charge in [-0.1, -0.05) is 0 Å². The van der Waals surface area contributed by atoms with Crippen LogP contribution in [-0.4, -0.2) is 19.6 Å². The van der Waals surface area contributed by atoms with Crippen LogP contribution in [0.25, 0.3) is 11.2 Å². The highest BCUT2D eigenvalue weighted by Crippen LogP contribution is 2.09. The number of fused-ring (bicyclic) bond motifs is 1. The van der Waals surface area contributed by atoms with Gasteiger partial charge in [0.05, 0.1) is 6.33 Å². The van der Waals surface area contributed by atoms with E-state index in [9.17, 15) is 4.79 Å². The van der Waals surface area contributed by atoms with Crippen LogP contribution in [0.3, 0.4) is 0 Å². The van der Waals surface area contributed by atoms with E-state index < -0.39 is 5.69 Å². The van der Waals surface area contributed by atoms with Gasteiger partial charge in [-0.3, -0.25) is 0 Å². The van der Waals surface area contributed by atoms with E-state index in [0.29, 0.717) is 5.52 Å². The molecule has 0 aliphatic heterocycles. The Balaban J connectivity index is 3.04. The zero-order valence-electron chi connectivity index (χ0n) is 5.98. The van der Waals surface area contributed by atoms with E-state index in [2.05, 4.69) is 15.0 Å². The third kappa shape index (κ3) is 0.669. The monoisotopic (exact) mass is 166 g/mol. The number of nitrogens with one attached hydrogen (secondary N) is 1. The quantitative estimate of drug-likeness (QED) is 0.408. The molecule has 0 amide bonds. The van der Waals surface area contributed by atoms with E-state index in [1.54, 1.807) is 0 Å². The summed E-state index contributed by atoms with van der Waals surface area (Å²) in [5.41, 5.74) is 5.62. The van der Waals surface area contributed by atoms with E-state index in [-0.39, 0.29) is 11.5 Å². The van der Waals surface area contributed by atoms with E-state index in [1.165, 1.54) is 6.33 Å². The predicted octanol–water partition coefficient (Wildman–Crippen LogP) is -1.58. The minimum atomic E-state index is -0.618. The smallest absolute Gasteiger partial charge is 0.369 e. The summed E-state index contributed by atoms with van der Waals surface area (Å²) in [6.07, 6.45) is 1.40. The topological polar surface area (TPSA) is 116 Å². The van der Waals surface area contributed by atoms with Crippen LogP contribution >= 0.6 is 0 Å². The first-order valence-electron chi connectivity index (χ1n) is 3.17. The van der Waals surface area contributed by atoms with Crippen molar-refractivity contribution in [3.8, 4) is 0 Å². The first-order chi connectivity index (χ1) is 5.70. The van der Waals surface area contributed by atoms with Gasteiger partial charge in [-0.05, 0) is 0 Å². The lowest BCUT2D eigenvalue weighted by molar-refractivity contribution is 0.901. The Kier molecular flexibility index (Phi) is 1.09. The number of rotatable bonds is 0. The van der Waals surface area contributed by atoms with Crippen molar-refractivity contribution in [1.29, 1.82) is 0 Å². The number of aromatic amines is 1. The number of nitrogens with two attached hydrogens (primary N) is 2. The van der Waals surface area contributed by atoms with Crippen molar-refractivity contribution in [2.24, 2.45) is 0 Å². The van der Waals surface area contributed by atoms with Gasteiger partial charge >= 0.3 is 5.69 Å². The number of nitrogen functional groups attached to an aromatic ring is 2. The SMILES string of the molecule is Nc1c2[nH]cnc2nc(=O)n1N. The molecule has 0 saturated heterocycles. The molecule has 2 heterocycles. The summed E-state index contributed by atoms with van der Waals surface area (Å²) in [6.45, 7) is 0. The number of aromatic nitrogens is 4. The van der Waals surface area contributed by atoms with Gasteiger partial charge in [0.25, 0.3) is 0 Å². The van der Waals surface area contributed by atoms with E-state index >= 15 is 0 Å². The van der Waals surface area contributed by atoms with Gasteiger partial charge in [-0.25, -0.2) is 9.78 Å². The van der Waals surface area contributed by atoms with Crippen LogP contribution in [0, 0.1) is 0 Å². The Morgan fingerprint density at radius 3 is 3.08 bits per heavy atom. The molecule has 0 spiro atoms. The maximum absolute atomic E-state index is 10.9. The van der Waals surface area contributed by atoms with Crippen LogP contribution in [0.4, 0.5) is 5.82 Å². The molecule has 0 fully saturated rings. The molecule has 2 rings (SSSR count). The molecule has 0 atom stereocenters. The molecule has 62 valence electrons. The van der Waals surface area contributed by atoms with Crippen LogP contribution in [0.5, 0.6) is 0 Å². The molecule has 2 aromatic rings. The Bertz CT molecular complexity index is 482. The Morgan fingerprint density at radius 2 is 2.33 bits per heavy atom. The van der Waals surface area contributed by atoms with Crippen LogP contribution in [0.15, 0.2) is 11.1 Å². The zero-order chi connectivity index (χ0) is 8.72. The fourth-order valence-electron chi connectivity index (χ4n) is 0.928. The molecule has 0 aromatic carbocycles. The Labute approximate surface area is 66.0 Å². The van der Waals surface area contributed by atoms with Crippen molar-refractivity contribution < 1.29 is 0 Å². The van der Waals surface area contributed by atoms with Gasteiger partial charge in [0.2, 0.25) is 0 Å². The summed E-state index contributed by atoms with van der Waals surface area (Å²) in [6, 6.07) is 0. The average Bonchev–Trinajstić information content (AvgIpc) is 2.48. The summed E-state index contributed by atoms with van der Waals surface area (Å²) in [7, 11) is 0. The Hall–Kier alpha value is -2.05. The maximum atomic E-state index is 10.9. The molecule has 7 heteroatoms. The molecule has 0 saturated carbocycles. The molecule has 0 radical (unpaired) electrons. The highest BCUT2D eigenvalue weighted by atomic mass is 16.1. The summed E-state index contributed by atoms with van der Waals surface area (Å²) < 4.78 is 0.764. The standard InChI is InChI=1S/C5H6N6O/c6-3-2-4(9-1-8-2)10-5(12)11(3)7/h1H,6-7H2,(H,8,9,10,12). The van der Waals surface area contributed by atoms with Crippen molar-refractivity contribution in [2.75, 3.05) is 11.6 Å². The van der Waals surface area contributed by atoms with Crippen LogP contribution < -0.4 is 17.3 Å². The zero-order valence-corrected chi connectivity index (χ0v) is 5.98. The van der Waals surface area contributed by atoms with Crippen LogP contribution in [0.1, 0.15) is 0 Å². The fourth-order valence-corrected chi connectivity index (χ4v) is 0.928. The molecule has 0 aliphatic carbocycles. The lowest BCUT2D eigenvalue weighted by Crippen LogP contribution is -2.31. The number of hydrogen-bond acceptors (Lipinski definition) is 5. The maximum Gasteiger partial charge on any atom is 0.369 e. The molecule has 0 aliphatic rings. The summed E-state index contributed by atoms with van der Waals surface area (Å²) in [5.74, 6) is 5.40. The lowest BCUT2D eigenvalue weighted by Gasteiger charge is -2.00. The molecular formula is C5H6N6O. The lowest BCUT2D eigenvalue weighted by atomic mass is 10.5.